The van der Waals surface area contributed by atoms with Crippen LogP contribution in [0.2, 0.25) is 0 Å². The van der Waals surface area contributed by atoms with E-state index >= 15 is 0 Å². The Bertz CT molecular complexity index is 6730. The number of hydrogen-bond acceptors (Lipinski definition) is 1. The lowest BCUT2D eigenvalue weighted by atomic mass is 9.34. The molecule has 5 aromatic heterocycles. The number of rotatable bonds is 10. The van der Waals surface area contributed by atoms with Crippen molar-refractivity contribution in [3.8, 4) is 22.7 Å². The molecule has 5 nitrogen and oxygen atoms in total. The average Bonchev–Trinajstić information content (AvgIpc) is 1.55. The number of para-hydroxylation sites is 4. The van der Waals surface area contributed by atoms with E-state index in [0.717, 1.165) is 66.8 Å². The zero-order chi connectivity index (χ0) is 70.1. The van der Waals surface area contributed by atoms with Crippen LogP contribution >= 0.6 is 0 Å². The SMILES string of the molecule is Cc1cc(C)c(B(c2cccc(-n3c4ccccc4c4c3ccc3c5ccccc5n(-c5ccc6oc7ccc(-n8c9ccccc9c9ccc%10c(c%11ccccc%11n%10-c%10cccc(B(c%11c(C)cc(C)cc%11C)c%11c(C)cc(C)cc%11C)c%10)c98)cc7c6c5)c34)c2)c2cc(C)c(C)cc2C)c(C)c1. The molecule has 0 aliphatic rings. The summed E-state index contributed by atoms with van der Waals surface area (Å²) in [6.07, 6.45) is 0. The first-order chi connectivity index (χ1) is 50.0. The minimum atomic E-state index is 0.0325. The molecule has 0 spiro atoms. The highest BCUT2D eigenvalue weighted by Crippen LogP contribution is 2.46. The molecule has 0 amide bonds. The van der Waals surface area contributed by atoms with Gasteiger partial charge in [-0.15, -0.1) is 0 Å². The van der Waals surface area contributed by atoms with Gasteiger partial charge in [0, 0.05) is 76.6 Å². The van der Waals surface area contributed by atoms with Gasteiger partial charge < -0.3 is 22.7 Å². The molecule has 19 aromatic rings. The van der Waals surface area contributed by atoms with E-state index in [1.165, 1.54) is 165 Å². The molecule has 0 fully saturated rings. The Morgan fingerprint density at radius 1 is 0.233 bits per heavy atom. The monoisotopic (exact) mass is 1320 g/mol. The molecule has 494 valence electrons. The second-order valence-electron chi connectivity index (χ2n) is 29.9. The van der Waals surface area contributed by atoms with Crippen LogP contribution in [0.15, 0.2) is 259 Å². The van der Waals surface area contributed by atoms with Crippen LogP contribution in [0, 0.1) is 83.1 Å². The fourth-order valence-electron chi connectivity index (χ4n) is 19.0. The highest BCUT2D eigenvalue weighted by molar-refractivity contribution is 6.97. The van der Waals surface area contributed by atoms with Crippen molar-refractivity contribution in [1.82, 2.24) is 18.3 Å². The quantitative estimate of drug-likeness (QED) is 0.126. The van der Waals surface area contributed by atoms with E-state index in [4.69, 9.17) is 4.42 Å². The Morgan fingerprint density at radius 3 is 1.02 bits per heavy atom. The lowest BCUT2D eigenvalue weighted by Crippen LogP contribution is -2.55. The summed E-state index contributed by atoms with van der Waals surface area (Å²) in [5, 5.41) is 11.8. The lowest BCUT2D eigenvalue weighted by molar-refractivity contribution is 0.669. The number of aryl methyl sites for hydroxylation is 12. The Balaban J connectivity index is 0.791. The van der Waals surface area contributed by atoms with Gasteiger partial charge in [0.2, 0.25) is 13.4 Å². The van der Waals surface area contributed by atoms with E-state index in [0.29, 0.717) is 0 Å². The van der Waals surface area contributed by atoms with Crippen molar-refractivity contribution in [3.05, 3.63) is 322 Å². The number of benzene rings is 14. The summed E-state index contributed by atoms with van der Waals surface area (Å²) in [4.78, 5) is 0. The van der Waals surface area contributed by atoms with Crippen LogP contribution in [0.4, 0.5) is 0 Å². The van der Waals surface area contributed by atoms with Gasteiger partial charge in [-0.25, -0.2) is 0 Å². The topological polar surface area (TPSA) is 32.9 Å². The van der Waals surface area contributed by atoms with E-state index in [1.54, 1.807) is 0 Å². The molecule has 14 aromatic carbocycles. The summed E-state index contributed by atoms with van der Waals surface area (Å²) >= 11 is 0. The lowest BCUT2D eigenvalue weighted by Gasteiger charge is -2.25. The second-order valence-corrected chi connectivity index (χ2v) is 29.9. The maximum Gasteiger partial charge on any atom is 0.242 e. The van der Waals surface area contributed by atoms with Gasteiger partial charge in [0.25, 0.3) is 0 Å². The zero-order valence-electron chi connectivity index (χ0n) is 60.6. The second kappa shape index (κ2) is 23.4. The van der Waals surface area contributed by atoms with Crippen LogP contribution in [0.3, 0.4) is 0 Å². The normalized spacial score (nSPS) is 12.1. The molecule has 0 aliphatic carbocycles. The number of aromatic nitrogens is 4. The summed E-state index contributed by atoms with van der Waals surface area (Å²) in [5.74, 6) is 0. The first-order valence-corrected chi connectivity index (χ1v) is 36.4. The number of hydrogen-bond donors (Lipinski definition) is 0. The van der Waals surface area contributed by atoms with Crippen LogP contribution in [0.1, 0.15) is 66.8 Å². The molecule has 19 rings (SSSR count). The van der Waals surface area contributed by atoms with Crippen LogP contribution < -0.4 is 32.8 Å². The smallest absolute Gasteiger partial charge is 0.242 e. The van der Waals surface area contributed by atoms with Crippen molar-refractivity contribution in [1.29, 1.82) is 0 Å². The minimum Gasteiger partial charge on any atom is -0.456 e. The third-order valence-corrected chi connectivity index (χ3v) is 23.1. The van der Waals surface area contributed by atoms with E-state index < -0.39 is 0 Å². The molecule has 0 N–H and O–H groups in total. The van der Waals surface area contributed by atoms with Crippen LogP contribution in [-0.4, -0.2) is 31.7 Å². The standard InChI is InChI=1S/C96H78B2N4O/c1-55-43-61(7)92(62(8)44-55)97(81-50-59(5)58(4)49-60(81)6)67-23-21-25-69(51-67)99-84-33-19-15-29-77(84)90-86(99)39-37-75-73-27-13-17-31-82(73)101(95(75)90)71-35-41-88-79(53-71)80-54-72(36-42-89(80)103-88)102-83-32-18-14-28-74(83)76-38-40-87-91(96(76)102)78-30-16-20-34-85(78)100(87)70-26-22-24-68(52-70)98(93-63(9)45-56(2)46-64(93)10)94-65(11)47-57(3)48-66(94)12/h13-54H,1-12H3. The maximum absolute atomic E-state index is 6.92. The van der Waals surface area contributed by atoms with Gasteiger partial charge in [0.15, 0.2) is 0 Å². The molecule has 0 bridgehead atoms. The fraction of sp³-hybridized carbons (Fsp3) is 0.125. The van der Waals surface area contributed by atoms with E-state index in [1.807, 2.05) is 0 Å². The molecular weight excluding hydrogens is 1250 g/mol. The summed E-state index contributed by atoms with van der Waals surface area (Å²) in [7, 11) is 0. The Labute approximate surface area is 601 Å². The average molecular weight is 1330 g/mol. The van der Waals surface area contributed by atoms with Crippen molar-refractivity contribution < 1.29 is 4.42 Å². The molecule has 0 unspecified atom stereocenters. The summed E-state index contributed by atoms with van der Waals surface area (Å²) in [6, 6.07) is 96.8. The summed E-state index contributed by atoms with van der Waals surface area (Å²) < 4.78 is 17.0. The van der Waals surface area contributed by atoms with Gasteiger partial charge in [-0.1, -0.05) is 246 Å². The molecule has 0 aliphatic heterocycles. The van der Waals surface area contributed by atoms with Gasteiger partial charge in [0.05, 0.1) is 44.1 Å². The van der Waals surface area contributed by atoms with E-state index in [-0.39, 0.29) is 13.4 Å². The number of furan rings is 1. The van der Waals surface area contributed by atoms with Gasteiger partial charge >= 0.3 is 0 Å². The highest BCUT2D eigenvalue weighted by atomic mass is 16.3. The summed E-state index contributed by atoms with van der Waals surface area (Å²) in [5.41, 5.74) is 39.2. The van der Waals surface area contributed by atoms with Gasteiger partial charge in [-0.2, -0.15) is 0 Å². The third kappa shape index (κ3) is 9.47. The first kappa shape index (κ1) is 62.2. The minimum absolute atomic E-state index is 0.0325. The largest absolute Gasteiger partial charge is 0.456 e. The van der Waals surface area contributed by atoms with E-state index in [9.17, 15) is 0 Å². The zero-order valence-corrected chi connectivity index (χ0v) is 60.6. The van der Waals surface area contributed by atoms with Crippen molar-refractivity contribution in [2.45, 2.75) is 83.1 Å². The molecule has 5 heterocycles. The first-order valence-electron chi connectivity index (χ1n) is 36.4. The van der Waals surface area contributed by atoms with Crippen molar-refractivity contribution in [3.63, 3.8) is 0 Å². The van der Waals surface area contributed by atoms with Gasteiger partial charge in [-0.3, -0.25) is 0 Å². The molecule has 7 heteroatoms. The molecular formula is C96H78B2N4O. The predicted molar refractivity (Wildman–Crippen MR) is 443 cm³/mol. The highest BCUT2D eigenvalue weighted by Gasteiger charge is 2.32. The summed E-state index contributed by atoms with van der Waals surface area (Å²) in [6.45, 7) is 27.3. The molecule has 0 radical (unpaired) electrons. The Kier molecular flexibility index (Phi) is 14.1. The van der Waals surface area contributed by atoms with Crippen molar-refractivity contribution in [2.24, 2.45) is 0 Å². The van der Waals surface area contributed by atoms with Crippen LogP contribution in [0.25, 0.3) is 132 Å². The maximum atomic E-state index is 6.92. The van der Waals surface area contributed by atoms with Gasteiger partial charge in [0.1, 0.15) is 11.2 Å². The Morgan fingerprint density at radius 2 is 0.592 bits per heavy atom. The Hall–Kier alpha value is -11.8. The fourth-order valence-corrected chi connectivity index (χ4v) is 19.0. The van der Waals surface area contributed by atoms with Gasteiger partial charge in [-0.05, 0) is 191 Å². The third-order valence-electron chi connectivity index (χ3n) is 23.1. The van der Waals surface area contributed by atoms with Crippen LogP contribution in [0.5, 0.6) is 0 Å². The molecule has 0 saturated carbocycles. The molecule has 0 atom stereocenters. The van der Waals surface area contributed by atoms with Crippen molar-refractivity contribution in [2.75, 3.05) is 0 Å². The predicted octanol–water partition coefficient (Wildman–Crippen LogP) is 20.7. The van der Waals surface area contributed by atoms with E-state index in [2.05, 4.69) is 356 Å². The van der Waals surface area contributed by atoms with Crippen LogP contribution in [-0.2, 0) is 0 Å². The molecule has 0 saturated heterocycles. The number of fused-ring (bicyclic) bond motifs is 17. The number of nitrogens with zero attached hydrogens (tertiary/aromatic N) is 4. The van der Waals surface area contributed by atoms with Crippen molar-refractivity contribution >= 4 is 155 Å². The molecule has 103 heavy (non-hydrogen) atoms.